The highest BCUT2D eigenvalue weighted by Crippen LogP contribution is 2.27. The van der Waals surface area contributed by atoms with E-state index in [2.05, 4.69) is 53.0 Å². The molecule has 0 aromatic heterocycles. The molecule has 32 heavy (non-hydrogen) atoms. The molecule has 0 radical (unpaired) electrons. The van der Waals surface area contributed by atoms with Crippen molar-refractivity contribution in [1.29, 1.82) is 0 Å². The normalized spacial score (nSPS) is 13.9. The lowest BCUT2D eigenvalue weighted by Gasteiger charge is -2.09. The molecule has 0 rings (SSSR count). The molecular weight excluding hydrogens is 405 g/mol. The first-order chi connectivity index (χ1) is 14.8. The molecular formula is C29H35F3. The summed E-state index contributed by atoms with van der Waals surface area (Å²) in [4.78, 5) is 0. The maximum Gasteiger partial charge on any atom is 0.166 e. The minimum atomic E-state index is -1.14. The van der Waals surface area contributed by atoms with E-state index in [4.69, 9.17) is 0 Å². The van der Waals surface area contributed by atoms with E-state index in [0.29, 0.717) is 11.5 Å². The molecule has 1 atom stereocenters. The highest BCUT2D eigenvalue weighted by atomic mass is 19.2. The van der Waals surface area contributed by atoms with E-state index >= 15 is 0 Å². The first kappa shape index (κ1) is 28.9. The van der Waals surface area contributed by atoms with E-state index in [9.17, 15) is 13.2 Å². The summed E-state index contributed by atoms with van der Waals surface area (Å²) in [5, 5.41) is 0. The fourth-order valence-corrected chi connectivity index (χ4v) is 2.40. The van der Waals surface area contributed by atoms with E-state index in [-0.39, 0.29) is 27.9 Å². The van der Waals surface area contributed by atoms with Crippen LogP contribution in [0.1, 0.15) is 40.0 Å². The summed E-state index contributed by atoms with van der Waals surface area (Å²) >= 11 is 0. The molecule has 3 heteroatoms. The standard InChI is InChI=1S/C29H35F3/c1-11-12-13-20(4)14-15-21(5)24(8)18-27(30)25(9)22(6)16-17-23(7)26(10)29(32)28(31)19(2)3/h11,15-18,20H,1-2,6-10,12-14H2,3-5H3/b17-16-,21-15+,27-18+,29-28-. The predicted molar refractivity (Wildman–Crippen MR) is 135 cm³/mol. The van der Waals surface area contributed by atoms with Gasteiger partial charge < -0.3 is 0 Å². The number of hydrogen-bond donors (Lipinski definition) is 0. The van der Waals surface area contributed by atoms with Gasteiger partial charge in [0.15, 0.2) is 11.7 Å². The quantitative estimate of drug-likeness (QED) is 0.186. The number of allylic oxidation sites excluding steroid dienone is 15. The van der Waals surface area contributed by atoms with Crippen molar-refractivity contribution in [3.8, 4) is 0 Å². The fourth-order valence-electron chi connectivity index (χ4n) is 2.40. The lowest BCUT2D eigenvalue weighted by molar-refractivity contribution is 0.545. The van der Waals surface area contributed by atoms with Crippen LogP contribution in [0.5, 0.6) is 0 Å². The van der Waals surface area contributed by atoms with Crippen LogP contribution < -0.4 is 0 Å². The first-order valence-electron chi connectivity index (χ1n) is 10.3. The van der Waals surface area contributed by atoms with Crippen LogP contribution in [-0.4, -0.2) is 0 Å². The van der Waals surface area contributed by atoms with E-state index in [1.165, 1.54) is 25.2 Å². The van der Waals surface area contributed by atoms with Crippen molar-refractivity contribution in [2.24, 2.45) is 5.92 Å². The topological polar surface area (TPSA) is 0 Å². The third kappa shape index (κ3) is 9.82. The molecule has 0 heterocycles. The van der Waals surface area contributed by atoms with Gasteiger partial charge in [-0.15, -0.1) is 6.58 Å². The van der Waals surface area contributed by atoms with Gasteiger partial charge in [-0.2, -0.15) is 0 Å². The maximum atomic E-state index is 14.6. The van der Waals surface area contributed by atoms with Gasteiger partial charge in [0.2, 0.25) is 0 Å². The zero-order valence-electron chi connectivity index (χ0n) is 19.7. The first-order valence-corrected chi connectivity index (χ1v) is 10.3. The Bertz CT molecular complexity index is 929. The Balaban J connectivity index is 5.17. The van der Waals surface area contributed by atoms with Gasteiger partial charge in [0.25, 0.3) is 0 Å². The Morgan fingerprint density at radius 1 is 0.812 bits per heavy atom. The average Bonchev–Trinajstić information content (AvgIpc) is 2.76. The monoisotopic (exact) mass is 440 g/mol. The Hall–Kier alpha value is -3.07. The molecule has 0 nitrogen and oxygen atoms in total. The molecule has 0 aromatic carbocycles. The maximum absolute atomic E-state index is 14.6. The van der Waals surface area contributed by atoms with Crippen LogP contribution >= 0.6 is 0 Å². The molecule has 0 spiro atoms. The molecule has 0 bridgehead atoms. The van der Waals surface area contributed by atoms with Gasteiger partial charge in [0, 0.05) is 11.1 Å². The molecule has 172 valence electrons. The predicted octanol–water partition coefficient (Wildman–Crippen LogP) is 9.84. The summed E-state index contributed by atoms with van der Waals surface area (Å²) in [7, 11) is 0. The van der Waals surface area contributed by atoms with Crippen molar-refractivity contribution >= 4 is 0 Å². The summed E-state index contributed by atoms with van der Waals surface area (Å²) in [5.74, 6) is -2.31. The van der Waals surface area contributed by atoms with Crippen molar-refractivity contribution in [2.75, 3.05) is 0 Å². The highest BCUT2D eigenvalue weighted by Gasteiger charge is 2.12. The number of hydrogen-bond acceptors (Lipinski definition) is 0. The smallest absolute Gasteiger partial charge is 0.166 e. The lowest BCUT2D eigenvalue weighted by Crippen LogP contribution is -1.93. The van der Waals surface area contributed by atoms with E-state index in [1.54, 1.807) is 0 Å². The van der Waals surface area contributed by atoms with Crippen LogP contribution in [0.15, 0.2) is 133 Å². The van der Waals surface area contributed by atoms with Crippen LogP contribution in [0.4, 0.5) is 13.2 Å². The summed E-state index contributed by atoms with van der Waals surface area (Å²) in [5.41, 5.74) is 1.56. The van der Waals surface area contributed by atoms with Crippen LogP contribution in [0, 0.1) is 5.92 Å². The van der Waals surface area contributed by atoms with Gasteiger partial charge >= 0.3 is 0 Å². The van der Waals surface area contributed by atoms with Crippen molar-refractivity contribution in [1.82, 2.24) is 0 Å². The molecule has 0 saturated carbocycles. The molecule has 0 aromatic rings. The zero-order chi connectivity index (χ0) is 25.0. The third-order valence-electron chi connectivity index (χ3n) is 4.88. The number of halogens is 3. The zero-order valence-corrected chi connectivity index (χ0v) is 19.7. The molecule has 0 amide bonds. The Labute approximate surface area is 192 Å². The van der Waals surface area contributed by atoms with Crippen molar-refractivity contribution in [2.45, 2.75) is 40.0 Å². The van der Waals surface area contributed by atoms with Gasteiger partial charge in [0.05, 0.1) is 0 Å². The van der Waals surface area contributed by atoms with Crippen molar-refractivity contribution in [3.63, 3.8) is 0 Å². The molecule has 0 N–H and O–H groups in total. The van der Waals surface area contributed by atoms with E-state index in [1.807, 2.05) is 19.1 Å². The van der Waals surface area contributed by atoms with Crippen molar-refractivity contribution in [3.05, 3.63) is 133 Å². The van der Waals surface area contributed by atoms with Crippen molar-refractivity contribution < 1.29 is 13.2 Å². The highest BCUT2D eigenvalue weighted by molar-refractivity contribution is 5.54. The lowest BCUT2D eigenvalue weighted by atomic mass is 9.98. The van der Waals surface area contributed by atoms with E-state index < -0.39 is 17.5 Å². The third-order valence-corrected chi connectivity index (χ3v) is 4.88. The summed E-state index contributed by atoms with van der Waals surface area (Å²) in [6.45, 7) is 31.0. The summed E-state index contributed by atoms with van der Waals surface area (Å²) < 4.78 is 42.3. The second kappa shape index (κ2) is 14.1. The largest absolute Gasteiger partial charge is 0.206 e. The van der Waals surface area contributed by atoms with Crippen LogP contribution in [0.25, 0.3) is 0 Å². The Kier molecular flexibility index (Phi) is 12.7. The Morgan fingerprint density at radius 3 is 1.84 bits per heavy atom. The summed E-state index contributed by atoms with van der Waals surface area (Å²) in [6, 6.07) is 0. The SMILES string of the molecule is C=CCCC(C)C/C=C(\C)C(=C)/C=C(/F)C(=C)C(=C)/C=C\C(=C)C(=C)/C(F)=C(/F)C(=C)C. The molecule has 1 unspecified atom stereocenters. The van der Waals surface area contributed by atoms with Gasteiger partial charge in [-0.25, -0.2) is 13.2 Å². The molecule has 0 saturated heterocycles. The average molecular weight is 441 g/mol. The second-order valence-corrected chi connectivity index (χ2v) is 7.86. The second-order valence-electron chi connectivity index (χ2n) is 7.86. The molecule has 0 aliphatic rings. The van der Waals surface area contributed by atoms with Crippen LogP contribution in [0.2, 0.25) is 0 Å². The minimum absolute atomic E-state index is 0.0529. The Morgan fingerprint density at radius 2 is 1.34 bits per heavy atom. The molecule has 0 aliphatic carbocycles. The molecule has 0 fully saturated rings. The van der Waals surface area contributed by atoms with Gasteiger partial charge in [-0.05, 0) is 73.0 Å². The fraction of sp³-hybridized carbons (Fsp3) is 0.241. The van der Waals surface area contributed by atoms with E-state index in [0.717, 1.165) is 24.8 Å². The number of rotatable bonds is 14. The van der Waals surface area contributed by atoms with Crippen LogP contribution in [0.3, 0.4) is 0 Å². The van der Waals surface area contributed by atoms with Gasteiger partial charge in [-0.1, -0.05) is 70.7 Å². The van der Waals surface area contributed by atoms with Gasteiger partial charge in [-0.3, -0.25) is 0 Å². The molecule has 0 aliphatic heterocycles. The summed E-state index contributed by atoms with van der Waals surface area (Å²) in [6.07, 6.45) is 10.9. The van der Waals surface area contributed by atoms with Gasteiger partial charge in [0.1, 0.15) is 5.83 Å². The van der Waals surface area contributed by atoms with Crippen LogP contribution in [-0.2, 0) is 0 Å². The minimum Gasteiger partial charge on any atom is -0.206 e.